The second-order valence-corrected chi connectivity index (χ2v) is 6.45. The summed E-state index contributed by atoms with van der Waals surface area (Å²) < 4.78 is 0. The molecule has 1 unspecified atom stereocenters. The third-order valence-corrected chi connectivity index (χ3v) is 4.42. The molecule has 110 valence electrons. The van der Waals surface area contributed by atoms with E-state index < -0.39 is 0 Å². The first-order valence-corrected chi connectivity index (χ1v) is 7.80. The second kappa shape index (κ2) is 5.90. The van der Waals surface area contributed by atoms with Crippen LogP contribution in [0.3, 0.4) is 0 Å². The Kier molecular flexibility index (Phi) is 3.98. The maximum Gasteiger partial charge on any atom is 0.0376 e. The molecule has 0 aromatic heterocycles. The van der Waals surface area contributed by atoms with Crippen LogP contribution in [0.15, 0.2) is 54.6 Å². The van der Waals surface area contributed by atoms with E-state index in [-0.39, 0.29) is 5.54 Å². The van der Waals surface area contributed by atoms with Crippen LogP contribution in [-0.2, 0) is 6.42 Å². The summed E-state index contributed by atoms with van der Waals surface area (Å²) in [7, 11) is 0. The first-order chi connectivity index (χ1) is 10.1. The Morgan fingerprint density at radius 2 is 1.71 bits per heavy atom. The average molecular weight is 280 g/mol. The summed E-state index contributed by atoms with van der Waals surface area (Å²) in [5, 5.41) is 3.57. The van der Waals surface area contributed by atoms with E-state index in [9.17, 15) is 0 Å². The van der Waals surface area contributed by atoms with Gasteiger partial charge in [0.2, 0.25) is 0 Å². The lowest BCUT2D eigenvalue weighted by molar-refractivity contribution is 0.432. The molecule has 0 aliphatic heterocycles. The van der Waals surface area contributed by atoms with Gasteiger partial charge in [0.25, 0.3) is 0 Å². The Labute approximate surface area is 127 Å². The van der Waals surface area contributed by atoms with E-state index in [1.54, 1.807) is 0 Å². The quantitative estimate of drug-likeness (QED) is 0.844. The lowest BCUT2D eigenvalue weighted by atomic mass is 9.96. The molecule has 2 aromatic rings. The van der Waals surface area contributed by atoms with Crippen LogP contribution in [-0.4, -0.2) is 12.1 Å². The van der Waals surface area contributed by atoms with Gasteiger partial charge in [-0.1, -0.05) is 48.5 Å². The first-order valence-electron chi connectivity index (χ1n) is 7.80. The van der Waals surface area contributed by atoms with Crippen molar-refractivity contribution in [1.82, 2.24) is 0 Å². The molecule has 1 atom stereocenters. The van der Waals surface area contributed by atoms with Crippen molar-refractivity contribution in [3.05, 3.63) is 65.7 Å². The predicted molar refractivity (Wildman–Crippen MR) is 89.5 cm³/mol. The van der Waals surface area contributed by atoms with Gasteiger partial charge in [-0.25, -0.2) is 0 Å². The van der Waals surface area contributed by atoms with Crippen molar-refractivity contribution < 1.29 is 0 Å². The maximum absolute atomic E-state index is 6.41. The van der Waals surface area contributed by atoms with Crippen molar-refractivity contribution in [2.75, 3.05) is 11.9 Å². The zero-order chi connectivity index (χ0) is 14.7. The molecule has 0 amide bonds. The highest BCUT2D eigenvalue weighted by atomic mass is 14.9. The van der Waals surface area contributed by atoms with Crippen molar-refractivity contribution in [2.24, 2.45) is 11.7 Å². The standard InChI is InChI=1S/C19H24N2/c1-19(20,17-11-12-17)14-21-18-10-6-5-9-16(18)13-15-7-3-2-4-8-15/h2-10,17,21H,11-14,20H2,1H3. The summed E-state index contributed by atoms with van der Waals surface area (Å²) in [4.78, 5) is 0. The lowest BCUT2D eigenvalue weighted by Crippen LogP contribution is -2.45. The molecule has 2 nitrogen and oxygen atoms in total. The highest BCUT2D eigenvalue weighted by Crippen LogP contribution is 2.38. The Morgan fingerprint density at radius 1 is 1.05 bits per heavy atom. The molecule has 2 aromatic carbocycles. The van der Waals surface area contributed by atoms with Gasteiger partial charge in [0, 0.05) is 17.8 Å². The highest BCUT2D eigenvalue weighted by molar-refractivity contribution is 5.53. The second-order valence-electron chi connectivity index (χ2n) is 6.45. The number of nitrogens with one attached hydrogen (secondary N) is 1. The van der Waals surface area contributed by atoms with Gasteiger partial charge in [-0.15, -0.1) is 0 Å². The largest absolute Gasteiger partial charge is 0.383 e. The number of nitrogens with two attached hydrogens (primary N) is 1. The Balaban J connectivity index is 1.70. The van der Waals surface area contributed by atoms with Gasteiger partial charge in [-0.2, -0.15) is 0 Å². The van der Waals surface area contributed by atoms with Gasteiger partial charge in [0.15, 0.2) is 0 Å². The fraction of sp³-hybridized carbons (Fsp3) is 0.368. The van der Waals surface area contributed by atoms with Crippen molar-refractivity contribution >= 4 is 5.69 Å². The van der Waals surface area contributed by atoms with Crippen LogP contribution < -0.4 is 11.1 Å². The maximum atomic E-state index is 6.41. The van der Waals surface area contributed by atoms with E-state index in [2.05, 4.69) is 66.8 Å². The number of hydrogen-bond donors (Lipinski definition) is 2. The molecule has 21 heavy (non-hydrogen) atoms. The predicted octanol–water partition coefficient (Wildman–Crippen LogP) is 3.82. The zero-order valence-corrected chi connectivity index (χ0v) is 12.7. The van der Waals surface area contributed by atoms with Crippen LogP contribution in [0, 0.1) is 5.92 Å². The highest BCUT2D eigenvalue weighted by Gasteiger charge is 2.38. The molecular weight excluding hydrogens is 256 g/mol. The molecule has 0 heterocycles. The van der Waals surface area contributed by atoms with Crippen LogP contribution in [0.25, 0.3) is 0 Å². The minimum atomic E-state index is -0.0974. The summed E-state index contributed by atoms with van der Waals surface area (Å²) in [6.07, 6.45) is 3.51. The monoisotopic (exact) mass is 280 g/mol. The molecule has 0 spiro atoms. The molecule has 3 rings (SSSR count). The smallest absolute Gasteiger partial charge is 0.0376 e. The SMILES string of the molecule is CC(N)(CNc1ccccc1Cc1ccccc1)C1CC1. The molecule has 0 bridgehead atoms. The topological polar surface area (TPSA) is 38.0 Å². The summed E-state index contributed by atoms with van der Waals surface area (Å²) in [6, 6.07) is 19.1. The first kappa shape index (κ1) is 14.2. The van der Waals surface area contributed by atoms with Crippen molar-refractivity contribution in [1.29, 1.82) is 0 Å². The van der Waals surface area contributed by atoms with Gasteiger partial charge >= 0.3 is 0 Å². The number of rotatable bonds is 6. The summed E-state index contributed by atoms with van der Waals surface area (Å²) in [5.74, 6) is 0.686. The summed E-state index contributed by atoms with van der Waals surface area (Å²) in [5.41, 5.74) is 10.2. The fourth-order valence-corrected chi connectivity index (χ4v) is 2.84. The molecule has 1 aliphatic carbocycles. The minimum absolute atomic E-state index is 0.0974. The number of anilines is 1. The molecule has 1 fully saturated rings. The Bertz CT molecular complexity index is 586. The van der Waals surface area contributed by atoms with Crippen molar-refractivity contribution in [3.63, 3.8) is 0 Å². The van der Waals surface area contributed by atoms with Crippen LogP contribution >= 0.6 is 0 Å². The molecule has 2 heteroatoms. The van der Waals surface area contributed by atoms with Gasteiger partial charge in [-0.3, -0.25) is 0 Å². The third-order valence-electron chi connectivity index (χ3n) is 4.42. The number of benzene rings is 2. The minimum Gasteiger partial charge on any atom is -0.383 e. The Morgan fingerprint density at radius 3 is 2.43 bits per heavy atom. The molecule has 1 saturated carbocycles. The van der Waals surface area contributed by atoms with Gasteiger partial charge in [0.05, 0.1) is 0 Å². The molecule has 3 N–H and O–H groups in total. The third kappa shape index (κ3) is 3.64. The van der Waals surface area contributed by atoms with E-state index in [4.69, 9.17) is 5.73 Å². The van der Waals surface area contributed by atoms with Gasteiger partial charge < -0.3 is 11.1 Å². The van der Waals surface area contributed by atoms with Crippen molar-refractivity contribution in [2.45, 2.75) is 31.7 Å². The lowest BCUT2D eigenvalue weighted by Gasteiger charge is -2.26. The summed E-state index contributed by atoms with van der Waals surface area (Å²) in [6.45, 7) is 3.00. The molecule has 0 radical (unpaired) electrons. The van der Waals surface area contributed by atoms with Gasteiger partial charge in [0.1, 0.15) is 0 Å². The number of hydrogen-bond acceptors (Lipinski definition) is 2. The van der Waals surface area contributed by atoms with Crippen LogP contribution in [0.4, 0.5) is 5.69 Å². The van der Waals surface area contributed by atoms with E-state index >= 15 is 0 Å². The van der Waals surface area contributed by atoms with Crippen LogP contribution in [0.2, 0.25) is 0 Å². The van der Waals surface area contributed by atoms with Crippen molar-refractivity contribution in [3.8, 4) is 0 Å². The van der Waals surface area contributed by atoms with E-state index in [0.29, 0.717) is 5.92 Å². The van der Waals surface area contributed by atoms with Crippen LogP contribution in [0.5, 0.6) is 0 Å². The normalized spacial score (nSPS) is 17.2. The summed E-state index contributed by atoms with van der Waals surface area (Å²) >= 11 is 0. The van der Waals surface area contributed by atoms with E-state index in [1.165, 1.54) is 29.7 Å². The van der Waals surface area contributed by atoms with E-state index in [1.807, 2.05) is 0 Å². The molecule has 1 aliphatic rings. The zero-order valence-electron chi connectivity index (χ0n) is 12.7. The molecule has 0 saturated heterocycles. The van der Waals surface area contributed by atoms with Gasteiger partial charge in [-0.05, 0) is 49.3 Å². The Hall–Kier alpha value is -1.80. The molecular formula is C19H24N2. The van der Waals surface area contributed by atoms with E-state index in [0.717, 1.165) is 13.0 Å². The fourth-order valence-electron chi connectivity index (χ4n) is 2.84. The number of para-hydroxylation sites is 1. The van der Waals surface area contributed by atoms with Crippen LogP contribution in [0.1, 0.15) is 30.9 Å². The average Bonchev–Trinajstić information content (AvgIpc) is 3.33.